The van der Waals surface area contributed by atoms with Crippen LogP contribution in [0.2, 0.25) is 0 Å². The molecule has 0 amide bonds. The number of nitrogens with zero attached hydrogens (tertiary/aromatic N) is 2. The van der Waals surface area contributed by atoms with E-state index in [1.807, 2.05) is 6.92 Å². The molecule has 0 spiro atoms. The number of rotatable bonds is 8. The molecule has 4 heteroatoms. The molecule has 0 bridgehead atoms. The lowest BCUT2D eigenvalue weighted by atomic mass is 10.1. The first-order chi connectivity index (χ1) is 10.2. The van der Waals surface area contributed by atoms with E-state index in [1.165, 1.54) is 11.1 Å². The molecule has 0 aliphatic carbocycles. The Labute approximate surface area is 129 Å². The van der Waals surface area contributed by atoms with Crippen LogP contribution in [0.4, 0.5) is 0 Å². The molecule has 0 saturated heterocycles. The van der Waals surface area contributed by atoms with E-state index in [2.05, 4.69) is 60.4 Å². The van der Waals surface area contributed by atoms with Crippen LogP contribution in [0.15, 0.2) is 29.3 Å². The number of hydrogen-bond donors (Lipinski definition) is 1. The monoisotopic (exact) mass is 291 g/mol. The number of aliphatic imine (C=N–C) groups is 1. The maximum Gasteiger partial charge on any atom is 0.193 e. The lowest BCUT2D eigenvalue weighted by molar-refractivity contribution is 0.146. The van der Waals surface area contributed by atoms with Crippen molar-refractivity contribution in [1.29, 1.82) is 0 Å². The lowest BCUT2D eigenvalue weighted by Crippen LogP contribution is -2.38. The Morgan fingerprint density at radius 2 is 1.95 bits per heavy atom. The van der Waals surface area contributed by atoms with Gasteiger partial charge in [0.1, 0.15) is 0 Å². The average Bonchev–Trinajstić information content (AvgIpc) is 2.48. The van der Waals surface area contributed by atoms with Crippen molar-refractivity contribution in [3.63, 3.8) is 0 Å². The number of guanidine groups is 1. The number of hydrogen-bond acceptors (Lipinski definition) is 2. The van der Waals surface area contributed by atoms with Crippen molar-refractivity contribution in [2.24, 2.45) is 4.99 Å². The molecule has 0 saturated carbocycles. The summed E-state index contributed by atoms with van der Waals surface area (Å²) in [6, 6.07) is 8.64. The van der Waals surface area contributed by atoms with Crippen LogP contribution in [0.3, 0.4) is 0 Å². The maximum atomic E-state index is 5.34. The molecular weight excluding hydrogens is 262 g/mol. The van der Waals surface area contributed by atoms with Crippen LogP contribution < -0.4 is 5.32 Å². The van der Waals surface area contributed by atoms with E-state index < -0.39 is 0 Å². The van der Waals surface area contributed by atoms with E-state index in [9.17, 15) is 0 Å². The van der Waals surface area contributed by atoms with Crippen LogP contribution in [0.25, 0.3) is 0 Å². The minimum absolute atomic E-state index is 0.775. The van der Waals surface area contributed by atoms with Gasteiger partial charge in [0.2, 0.25) is 0 Å². The molecule has 0 radical (unpaired) electrons. The van der Waals surface area contributed by atoms with Crippen LogP contribution in [-0.2, 0) is 11.3 Å². The molecule has 1 N–H and O–H groups in total. The predicted octanol–water partition coefficient (Wildman–Crippen LogP) is 2.82. The summed E-state index contributed by atoms with van der Waals surface area (Å²) in [6.45, 7) is 10.3. The Kier molecular flexibility index (Phi) is 8.51. The summed E-state index contributed by atoms with van der Waals surface area (Å²) in [6.07, 6.45) is 0.959. The summed E-state index contributed by atoms with van der Waals surface area (Å²) in [5, 5.41) is 3.34. The minimum atomic E-state index is 0.775. The average molecular weight is 291 g/mol. The van der Waals surface area contributed by atoms with Crippen LogP contribution in [0.5, 0.6) is 0 Å². The molecule has 1 rings (SSSR count). The quantitative estimate of drug-likeness (QED) is 0.454. The molecule has 0 aliphatic rings. The van der Waals surface area contributed by atoms with E-state index in [-0.39, 0.29) is 0 Å². The molecule has 0 aromatic heterocycles. The molecule has 4 nitrogen and oxygen atoms in total. The van der Waals surface area contributed by atoms with Crippen LogP contribution >= 0.6 is 0 Å². The summed E-state index contributed by atoms with van der Waals surface area (Å²) in [7, 11) is 2.07. The smallest absolute Gasteiger partial charge is 0.193 e. The van der Waals surface area contributed by atoms with E-state index in [4.69, 9.17) is 4.74 Å². The Bertz CT molecular complexity index is 415. The second-order valence-electron chi connectivity index (χ2n) is 5.13. The molecular formula is C17H29N3O. The van der Waals surface area contributed by atoms with Gasteiger partial charge < -0.3 is 15.0 Å². The number of ether oxygens (including phenoxy) is 1. The van der Waals surface area contributed by atoms with Gasteiger partial charge in [-0.2, -0.15) is 0 Å². The third-order valence-corrected chi connectivity index (χ3v) is 3.15. The van der Waals surface area contributed by atoms with Gasteiger partial charge in [0.15, 0.2) is 5.96 Å². The van der Waals surface area contributed by atoms with Crippen molar-refractivity contribution in [2.75, 3.05) is 33.4 Å². The summed E-state index contributed by atoms with van der Waals surface area (Å²) in [5.41, 5.74) is 2.58. The first-order valence-electron chi connectivity index (χ1n) is 7.80. The summed E-state index contributed by atoms with van der Waals surface area (Å²) in [4.78, 5) is 6.81. The van der Waals surface area contributed by atoms with Crippen molar-refractivity contribution < 1.29 is 4.74 Å². The fourth-order valence-electron chi connectivity index (χ4n) is 2.01. The standard InChI is InChI=1S/C17H29N3O/c1-5-18-17(19-12-7-13-21-6-2)20(4)14-16-10-8-15(3)9-11-16/h8-11H,5-7,12-14H2,1-4H3,(H,18,19). The van der Waals surface area contributed by atoms with Gasteiger partial charge in [-0.3, -0.25) is 4.99 Å². The molecule has 0 unspecified atom stereocenters. The highest BCUT2D eigenvalue weighted by Crippen LogP contribution is 2.06. The van der Waals surface area contributed by atoms with Crippen molar-refractivity contribution >= 4 is 5.96 Å². The Hall–Kier alpha value is -1.55. The van der Waals surface area contributed by atoms with Crippen molar-refractivity contribution in [1.82, 2.24) is 10.2 Å². The van der Waals surface area contributed by atoms with Gasteiger partial charge in [0, 0.05) is 39.9 Å². The highest BCUT2D eigenvalue weighted by Gasteiger charge is 2.06. The summed E-state index contributed by atoms with van der Waals surface area (Å²) < 4.78 is 5.34. The molecule has 118 valence electrons. The Balaban J connectivity index is 2.53. The van der Waals surface area contributed by atoms with Gasteiger partial charge in [-0.1, -0.05) is 29.8 Å². The number of benzene rings is 1. The van der Waals surface area contributed by atoms with Gasteiger partial charge >= 0.3 is 0 Å². The number of nitrogens with one attached hydrogen (secondary N) is 1. The Morgan fingerprint density at radius 3 is 2.57 bits per heavy atom. The van der Waals surface area contributed by atoms with Crippen LogP contribution in [-0.4, -0.2) is 44.2 Å². The highest BCUT2D eigenvalue weighted by atomic mass is 16.5. The topological polar surface area (TPSA) is 36.9 Å². The third-order valence-electron chi connectivity index (χ3n) is 3.15. The van der Waals surface area contributed by atoms with Crippen molar-refractivity contribution in [3.05, 3.63) is 35.4 Å². The molecule has 0 fully saturated rings. The first-order valence-corrected chi connectivity index (χ1v) is 7.80. The van der Waals surface area contributed by atoms with Crippen LogP contribution in [0, 0.1) is 6.92 Å². The molecule has 21 heavy (non-hydrogen) atoms. The second-order valence-corrected chi connectivity index (χ2v) is 5.13. The SMILES string of the molecule is CCNC(=NCCCOCC)N(C)Cc1ccc(C)cc1. The van der Waals surface area contributed by atoms with Gasteiger partial charge in [-0.05, 0) is 32.8 Å². The van der Waals surface area contributed by atoms with E-state index in [0.29, 0.717) is 0 Å². The minimum Gasteiger partial charge on any atom is -0.382 e. The predicted molar refractivity (Wildman–Crippen MR) is 89.7 cm³/mol. The Morgan fingerprint density at radius 1 is 1.24 bits per heavy atom. The zero-order valence-electron chi connectivity index (χ0n) is 13.9. The number of aryl methyl sites for hydroxylation is 1. The maximum absolute atomic E-state index is 5.34. The second kappa shape index (κ2) is 10.2. The third kappa shape index (κ3) is 7.14. The molecule has 1 aromatic carbocycles. The summed E-state index contributed by atoms with van der Waals surface area (Å²) in [5.74, 6) is 0.953. The normalized spacial score (nSPS) is 11.5. The zero-order valence-corrected chi connectivity index (χ0v) is 13.9. The van der Waals surface area contributed by atoms with Gasteiger partial charge in [0.05, 0.1) is 0 Å². The van der Waals surface area contributed by atoms with E-state index in [0.717, 1.165) is 45.2 Å². The van der Waals surface area contributed by atoms with E-state index in [1.54, 1.807) is 0 Å². The van der Waals surface area contributed by atoms with Crippen LogP contribution in [0.1, 0.15) is 31.4 Å². The molecule has 1 aromatic rings. The van der Waals surface area contributed by atoms with Crippen molar-refractivity contribution in [2.45, 2.75) is 33.7 Å². The fraction of sp³-hybridized carbons (Fsp3) is 0.588. The largest absolute Gasteiger partial charge is 0.382 e. The van der Waals surface area contributed by atoms with Gasteiger partial charge in [-0.15, -0.1) is 0 Å². The molecule has 0 aliphatic heterocycles. The van der Waals surface area contributed by atoms with Crippen molar-refractivity contribution in [3.8, 4) is 0 Å². The zero-order chi connectivity index (χ0) is 15.5. The molecule has 0 heterocycles. The van der Waals surface area contributed by atoms with E-state index >= 15 is 0 Å². The molecule has 0 atom stereocenters. The first kappa shape index (κ1) is 17.5. The summed E-state index contributed by atoms with van der Waals surface area (Å²) >= 11 is 0. The highest BCUT2D eigenvalue weighted by molar-refractivity contribution is 5.79. The van der Waals surface area contributed by atoms with Gasteiger partial charge in [0.25, 0.3) is 0 Å². The lowest BCUT2D eigenvalue weighted by Gasteiger charge is -2.22. The van der Waals surface area contributed by atoms with Gasteiger partial charge in [-0.25, -0.2) is 0 Å². The fourth-order valence-corrected chi connectivity index (χ4v) is 2.01.